The van der Waals surface area contributed by atoms with Crippen molar-refractivity contribution in [1.82, 2.24) is 4.90 Å². The molecule has 262 valence electrons. The molecule has 50 heavy (non-hydrogen) atoms. The molecule has 0 radical (unpaired) electrons. The molecule has 4 aliphatic rings. The average Bonchev–Trinajstić information content (AvgIpc) is 3.13. The number of quaternary nitrogens is 1. The lowest BCUT2D eigenvalue weighted by atomic mass is 9.79. The van der Waals surface area contributed by atoms with E-state index in [0.29, 0.717) is 12.5 Å². The summed E-state index contributed by atoms with van der Waals surface area (Å²) in [6.45, 7) is 8.15. The molecule has 3 fully saturated rings. The van der Waals surface area contributed by atoms with Crippen LogP contribution in [-0.2, 0) is 9.59 Å². The first-order chi connectivity index (χ1) is 24.1. The second kappa shape index (κ2) is 15.0. The Morgan fingerprint density at radius 3 is 1.94 bits per heavy atom. The van der Waals surface area contributed by atoms with E-state index in [0.717, 1.165) is 58.9 Å². The molecule has 4 aromatic carbocycles. The van der Waals surface area contributed by atoms with Crippen LogP contribution in [0, 0.1) is 5.92 Å². The summed E-state index contributed by atoms with van der Waals surface area (Å²) in [7, 11) is 0. The second-order valence-corrected chi connectivity index (χ2v) is 13.2. The third-order valence-corrected chi connectivity index (χ3v) is 10.3. The molecule has 0 aromatic heterocycles. The summed E-state index contributed by atoms with van der Waals surface area (Å²) in [6.07, 6.45) is -1.80. The van der Waals surface area contributed by atoms with E-state index in [-0.39, 0.29) is 17.9 Å². The fourth-order valence-electron chi connectivity index (χ4n) is 7.78. The number of carbonyl (C=O) groups is 2. The SMILES string of the molecule is CCN(C(=O)C1c2ccccc2Oc2ccccc21)C1C[N+]2(CCCOc3ccc(-c4ccccc4)cc3)CCC1CC2.O=C([O-])C(F)(F)F. The van der Waals surface area contributed by atoms with Gasteiger partial charge in [-0.3, -0.25) is 4.79 Å². The van der Waals surface area contributed by atoms with Gasteiger partial charge in [0.05, 0.1) is 44.7 Å². The molecule has 7 nitrogen and oxygen atoms in total. The van der Waals surface area contributed by atoms with Gasteiger partial charge in [0.15, 0.2) is 0 Å². The number of benzene rings is 4. The van der Waals surface area contributed by atoms with Crippen LogP contribution in [0.4, 0.5) is 13.2 Å². The third kappa shape index (κ3) is 7.65. The number of carbonyl (C=O) groups excluding carboxylic acids is 2. The van der Waals surface area contributed by atoms with Gasteiger partial charge in [-0.1, -0.05) is 78.9 Å². The Morgan fingerprint density at radius 1 is 0.840 bits per heavy atom. The van der Waals surface area contributed by atoms with Gasteiger partial charge in [-0.05, 0) is 48.2 Å². The third-order valence-electron chi connectivity index (χ3n) is 10.3. The minimum Gasteiger partial charge on any atom is -0.542 e. The number of amides is 1. The number of piperidine rings is 3. The van der Waals surface area contributed by atoms with Crippen molar-refractivity contribution in [2.24, 2.45) is 5.92 Å². The van der Waals surface area contributed by atoms with Crippen molar-refractivity contribution in [2.45, 2.75) is 44.3 Å². The van der Waals surface area contributed by atoms with Crippen molar-refractivity contribution in [3.05, 3.63) is 114 Å². The summed E-state index contributed by atoms with van der Waals surface area (Å²) < 4.78 is 45.0. The molecule has 0 saturated carbocycles. The van der Waals surface area contributed by atoms with Crippen LogP contribution in [0.25, 0.3) is 11.1 Å². The fraction of sp³-hybridized carbons (Fsp3) is 0.350. The largest absolute Gasteiger partial charge is 0.542 e. The van der Waals surface area contributed by atoms with Crippen molar-refractivity contribution in [1.29, 1.82) is 0 Å². The van der Waals surface area contributed by atoms with Crippen LogP contribution in [0.1, 0.15) is 43.2 Å². The lowest BCUT2D eigenvalue weighted by molar-refractivity contribution is -0.945. The van der Waals surface area contributed by atoms with Crippen molar-refractivity contribution >= 4 is 11.9 Å². The van der Waals surface area contributed by atoms with E-state index in [2.05, 4.69) is 72.5 Å². The molecule has 0 N–H and O–H groups in total. The Hall–Kier alpha value is -4.83. The molecule has 4 aromatic rings. The van der Waals surface area contributed by atoms with Gasteiger partial charge in [-0.2, -0.15) is 13.2 Å². The number of carboxylic acids is 1. The number of hydrogen-bond donors (Lipinski definition) is 0. The Labute approximate surface area is 290 Å². The standard InChI is InChI=1S/C38H41N2O3.C2HF3O2/c1-2-39(38(41)37-32-13-6-8-15-35(32)43-36-16-9-7-14-33(36)37)34-27-40(24-21-30(34)22-25-40)23-10-26-42-31-19-17-29(18-20-31)28-11-4-3-5-12-28;3-2(4,5)1(6)7/h3-9,11-20,30,34,37H,2,10,21-27H2,1H3;(H,6,7)/q+1;/p-1. The number of likely N-dealkylation sites (N-methyl/N-ethyl adjacent to an activating group) is 1. The van der Waals surface area contributed by atoms with Gasteiger partial charge in [-0.25, -0.2) is 0 Å². The summed E-state index contributed by atoms with van der Waals surface area (Å²) in [6, 6.07) is 35.2. The Bertz CT molecular complexity index is 1730. The minimum absolute atomic E-state index is 0.213. The molecule has 4 heterocycles. The number of para-hydroxylation sites is 2. The van der Waals surface area contributed by atoms with Gasteiger partial charge >= 0.3 is 6.18 Å². The number of carboxylic acid groups (broad SMARTS) is 1. The maximum absolute atomic E-state index is 14.5. The van der Waals surface area contributed by atoms with Crippen LogP contribution in [-0.4, -0.2) is 72.8 Å². The number of halogens is 3. The van der Waals surface area contributed by atoms with Crippen molar-refractivity contribution in [2.75, 3.05) is 39.3 Å². The maximum Gasteiger partial charge on any atom is 0.430 e. The summed E-state index contributed by atoms with van der Waals surface area (Å²) >= 11 is 0. The normalized spacial score (nSPS) is 20.7. The highest BCUT2D eigenvalue weighted by atomic mass is 19.4. The topological polar surface area (TPSA) is 78.9 Å². The molecule has 2 bridgehead atoms. The molecule has 3 saturated heterocycles. The number of fused-ring (bicyclic) bond motifs is 5. The molecule has 1 atom stereocenters. The minimum atomic E-state index is -5.19. The van der Waals surface area contributed by atoms with E-state index in [1.54, 1.807) is 0 Å². The summed E-state index contributed by atoms with van der Waals surface area (Å²) in [4.78, 5) is 25.5. The van der Waals surface area contributed by atoms with E-state index in [1.807, 2.05) is 42.5 Å². The van der Waals surface area contributed by atoms with Crippen molar-refractivity contribution in [3.63, 3.8) is 0 Å². The van der Waals surface area contributed by atoms with E-state index < -0.39 is 12.1 Å². The van der Waals surface area contributed by atoms with Gasteiger partial charge in [0, 0.05) is 36.9 Å². The molecule has 8 rings (SSSR count). The van der Waals surface area contributed by atoms with E-state index >= 15 is 0 Å². The smallest absolute Gasteiger partial charge is 0.430 e. The Morgan fingerprint density at radius 2 is 1.38 bits per heavy atom. The van der Waals surface area contributed by atoms with Gasteiger partial charge in [0.25, 0.3) is 0 Å². The van der Waals surface area contributed by atoms with Crippen LogP contribution in [0.15, 0.2) is 103 Å². The Balaban J connectivity index is 0.000000561. The van der Waals surface area contributed by atoms with Crippen LogP contribution in [0.2, 0.25) is 0 Å². The van der Waals surface area contributed by atoms with Crippen molar-refractivity contribution < 1.29 is 41.8 Å². The molecule has 10 heteroatoms. The summed E-state index contributed by atoms with van der Waals surface area (Å²) in [5.41, 5.74) is 4.38. The monoisotopic (exact) mass is 686 g/mol. The zero-order chi connectivity index (χ0) is 35.3. The van der Waals surface area contributed by atoms with Crippen molar-refractivity contribution in [3.8, 4) is 28.4 Å². The molecule has 4 aliphatic heterocycles. The second-order valence-electron chi connectivity index (χ2n) is 13.2. The highest BCUT2D eigenvalue weighted by Gasteiger charge is 2.49. The summed E-state index contributed by atoms with van der Waals surface area (Å²) in [5.74, 6) is -0.0298. The Kier molecular flexibility index (Phi) is 10.5. The molecule has 0 aliphatic carbocycles. The van der Waals surface area contributed by atoms with Gasteiger partial charge in [-0.15, -0.1) is 0 Å². The van der Waals surface area contributed by atoms with E-state index in [1.165, 1.54) is 37.1 Å². The number of hydrogen-bond acceptors (Lipinski definition) is 5. The highest BCUT2D eigenvalue weighted by Crippen LogP contribution is 2.46. The fourth-order valence-corrected chi connectivity index (χ4v) is 7.78. The number of ether oxygens (including phenoxy) is 2. The zero-order valence-corrected chi connectivity index (χ0v) is 28.0. The first kappa shape index (κ1) is 35.0. The molecule has 1 unspecified atom stereocenters. The molecular formula is C40H41F3N2O5. The predicted octanol–water partition coefficient (Wildman–Crippen LogP) is 6.82. The van der Waals surface area contributed by atoms with E-state index in [4.69, 9.17) is 19.4 Å². The van der Waals surface area contributed by atoms with Crippen LogP contribution < -0.4 is 14.6 Å². The number of nitrogens with zero attached hydrogens (tertiary/aromatic N) is 2. The number of alkyl halides is 3. The van der Waals surface area contributed by atoms with Gasteiger partial charge in [0.1, 0.15) is 23.2 Å². The van der Waals surface area contributed by atoms with Crippen LogP contribution in [0.5, 0.6) is 17.2 Å². The summed E-state index contributed by atoms with van der Waals surface area (Å²) in [5, 5.41) is 8.78. The van der Waals surface area contributed by atoms with E-state index in [9.17, 15) is 18.0 Å². The number of rotatable bonds is 9. The lowest BCUT2D eigenvalue weighted by Gasteiger charge is -2.55. The maximum atomic E-state index is 14.5. The zero-order valence-electron chi connectivity index (χ0n) is 28.0. The molecular weight excluding hydrogens is 645 g/mol. The highest BCUT2D eigenvalue weighted by molar-refractivity contribution is 5.90. The van der Waals surface area contributed by atoms with Gasteiger partial charge in [0.2, 0.25) is 5.91 Å². The van der Waals surface area contributed by atoms with Crippen LogP contribution in [0.3, 0.4) is 0 Å². The molecule has 0 spiro atoms. The van der Waals surface area contributed by atoms with Crippen LogP contribution >= 0.6 is 0 Å². The molecule has 1 amide bonds. The lowest BCUT2D eigenvalue weighted by Crippen LogP contribution is -2.68. The average molecular weight is 687 g/mol. The first-order valence-corrected chi connectivity index (χ1v) is 17.2. The predicted molar refractivity (Wildman–Crippen MR) is 181 cm³/mol. The number of aliphatic carboxylic acids is 1. The first-order valence-electron chi connectivity index (χ1n) is 17.2. The quantitative estimate of drug-likeness (QED) is 0.143. The van der Waals surface area contributed by atoms with Gasteiger partial charge < -0.3 is 28.8 Å².